The second kappa shape index (κ2) is 45.6. The van der Waals surface area contributed by atoms with Gasteiger partial charge in [-0.2, -0.15) is 0 Å². The van der Waals surface area contributed by atoms with Crippen LogP contribution in [0.2, 0.25) is 0 Å². The molecule has 6 atom stereocenters. The van der Waals surface area contributed by atoms with E-state index in [1.165, 1.54) is 64.2 Å². The van der Waals surface area contributed by atoms with Crippen molar-refractivity contribution in [2.24, 2.45) is 0 Å². The highest BCUT2D eigenvalue weighted by Gasteiger charge is 2.50. The van der Waals surface area contributed by atoms with E-state index in [0.29, 0.717) is 19.3 Å². The molecule has 12 heteroatoms. The number of carbonyl (C=O) groups is 4. The van der Waals surface area contributed by atoms with E-state index < -0.39 is 67.3 Å². The van der Waals surface area contributed by atoms with Crippen LogP contribution in [-0.2, 0) is 42.9 Å². The van der Waals surface area contributed by atoms with Crippen LogP contribution in [0.25, 0.3) is 0 Å². The molecule has 1 saturated heterocycles. The van der Waals surface area contributed by atoms with Gasteiger partial charge in [0.15, 0.2) is 24.6 Å². The Morgan fingerprint density at radius 3 is 1.43 bits per heavy atom. The van der Waals surface area contributed by atoms with Gasteiger partial charge in [0.2, 0.25) is 0 Å². The molecule has 1 heterocycles. The average molecular weight is 973 g/mol. The van der Waals surface area contributed by atoms with Crippen LogP contribution >= 0.6 is 0 Å². The number of carboxylic acids is 1. The fraction of sp³-hybridized carbons (Fsp3) is 0.754. The smallest absolute Gasteiger partial charge is 0.335 e. The lowest BCUT2D eigenvalue weighted by Crippen LogP contribution is -2.61. The van der Waals surface area contributed by atoms with Crippen LogP contribution in [0.3, 0.4) is 0 Å². The Morgan fingerprint density at radius 1 is 0.493 bits per heavy atom. The monoisotopic (exact) mass is 973 g/mol. The quantitative estimate of drug-likeness (QED) is 0.0228. The van der Waals surface area contributed by atoms with E-state index in [2.05, 4.69) is 81.5 Å². The van der Waals surface area contributed by atoms with Gasteiger partial charge in [0.05, 0.1) is 6.61 Å². The zero-order valence-corrected chi connectivity index (χ0v) is 43.3. The minimum atomic E-state index is -1.91. The molecular formula is C57H96O12. The van der Waals surface area contributed by atoms with Crippen LogP contribution in [0.5, 0.6) is 0 Å². The van der Waals surface area contributed by atoms with Gasteiger partial charge in [-0.3, -0.25) is 14.4 Å². The summed E-state index contributed by atoms with van der Waals surface area (Å²) in [4.78, 5) is 50.9. The van der Waals surface area contributed by atoms with Gasteiger partial charge < -0.3 is 39.0 Å². The highest BCUT2D eigenvalue weighted by atomic mass is 16.7. The minimum absolute atomic E-state index is 0.0239. The zero-order valence-electron chi connectivity index (χ0n) is 43.3. The van der Waals surface area contributed by atoms with Crippen LogP contribution in [0.1, 0.15) is 226 Å². The molecule has 1 fully saturated rings. The molecule has 396 valence electrons. The van der Waals surface area contributed by atoms with E-state index >= 15 is 0 Å². The molecule has 0 spiro atoms. The summed E-state index contributed by atoms with van der Waals surface area (Å²) < 4.78 is 28.3. The van der Waals surface area contributed by atoms with E-state index in [-0.39, 0.29) is 25.9 Å². The molecular weight excluding hydrogens is 877 g/mol. The van der Waals surface area contributed by atoms with Gasteiger partial charge in [-0.05, 0) is 83.5 Å². The molecule has 0 aromatic heterocycles. The number of carboxylic acid groups (broad SMARTS) is 1. The summed E-state index contributed by atoms with van der Waals surface area (Å²) in [6.45, 7) is 5.80. The Morgan fingerprint density at radius 2 is 0.913 bits per heavy atom. The van der Waals surface area contributed by atoms with Crippen LogP contribution < -0.4 is 0 Å². The summed E-state index contributed by atoms with van der Waals surface area (Å²) in [5.41, 5.74) is 0. The van der Waals surface area contributed by atoms with Gasteiger partial charge in [0.25, 0.3) is 0 Å². The van der Waals surface area contributed by atoms with Crippen molar-refractivity contribution in [1.82, 2.24) is 0 Å². The molecule has 0 aromatic carbocycles. The van der Waals surface area contributed by atoms with E-state index in [0.717, 1.165) is 103 Å². The predicted molar refractivity (Wildman–Crippen MR) is 275 cm³/mol. The topological polar surface area (TPSA) is 175 Å². The lowest BCUT2D eigenvalue weighted by Gasteiger charge is -2.40. The lowest BCUT2D eigenvalue weighted by atomic mass is 9.98. The Kier molecular flexibility index (Phi) is 41.9. The van der Waals surface area contributed by atoms with E-state index in [1.54, 1.807) is 0 Å². The van der Waals surface area contributed by atoms with Crippen LogP contribution in [-0.4, -0.2) is 89.2 Å². The highest BCUT2D eigenvalue weighted by Crippen LogP contribution is 2.26. The molecule has 12 nitrogen and oxygen atoms in total. The maximum absolute atomic E-state index is 13.1. The average Bonchev–Trinajstić information content (AvgIpc) is 3.33. The molecule has 1 rings (SSSR count). The molecule has 0 radical (unpaired) electrons. The van der Waals surface area contributed by atoms with Gasteiger partial charge in [0, 0.05) is 19.3 Å². The van der Waals surface area contributed by atoms with Gasteiger partial charge in [-0.1, -0.05) is 184 Å². The Hall–Kier alpha value is -3.58. The SMILES string of the molecule is CC/C=C\C/C=C\C/C=C\CCCCCC(=O)OC1C(OCC(COC(=O)CCCCCCC/C=C\C/C=C\CCCCC)OC(=O)CCCCCCCCCCCCC)OC(C(=O)O)C(O)C1O. The number of rotatable bonds is 45. The maximum atomic E-state index is 13.1. The van der Waals surface area contributed by atoms with Crippen molar-refractivity contribution in [3.8, 4) is 0 Å². The lowest BCUT2D eigenvalue weighted by molar-refractivity contribution is -0.301. The summed E-state index contributed by atoms with van der Waals surface area (Å²) in [5.74, 6) is -3.17. The molecule has 1 aliphatic rings. The predicted octanol–water partition coefficient (Wildman–Crippen LogP) is 13.2. The van der Waals surface area contributed by atoms with Crippen molar-refractivity contribution in [2.75, 3.05) is 13.2 Å². The fourth-order valence-electron chi connectivity index (χ4n) is 7.88. The first-order valence-electron chi connectivity index (χ1n) is 27.3. The first-order valence-corrected chi connectivity index (χ1v) is 27.3. The third-order valence-corrected chi connectivity index (χ3v) is 12.1. The Labute approximate surface area is 417 Å². The number of aliphatic hydroxyl groups excluding tert-OH is 2. The third kappa shape index (κ3) is 36.1. The van der Waals surface area contributed by atoms with Gasteiger partial charge in [0.1, 0.15) is 18.8 Å². The molecule has 0 aromatic rings. The van der Waals surface area contributed by atoms with Crippen LogP contribution in [0.15, 0.2) is 60.8 Å². The van der Waals surface area contributed by atoms with Gasteiger partial charge >= 0.3 is 23.9 Å². The molecule has 0 aliphatic carbocycles. The van der Waals surface area contributed by atoms with Crippen molar-refractivity contribution < 1.29 is 58.2 Å². The number of ether oxygens (including phenoxy) is 5. The summed E-state index contributed by atoms with van der Waals surface area (Å²) in [5, 5.41) is 31.3. The summed E-state index contributed by atoms with van der Waals surface area (Å²) >= 11 is 0. The first kappa shape index (κ1) is 63.4. The van der Waals surface area contributed by atoms with Gasteiger partial charge in [-0.25, -0.2) is 4.79 Å². The van der Waals surface area contributed by atoms with Crippen molar-refractivity contribution in [1.29, 1.82) is 0 Å². The molecule has 0 amide bonds. The van der Waals surface area contributed by atoms with Crippen molar-refractivity contribution >= 4 is 23.9 Å². The standard InChI is InChI=1S/C57H96O12/c1-4-7-10-13-16-19-22-24-25-27-29-31-34-37-40-43-49(58)65-46-48(67-50(59)44-41-38-35-32-28-21-18-15-12-9-6-3)47-66-57-55(53(62)52(61)54(69-57)56(63)64)68-51(60)45-42-39-36-33-30-26-23-20-17-14-11-8-5-2/h8,11,16-17,19-20,24-26,30,48,52-55,57,61-62H,4-7,9-10,12-15,18,21-23,27-29,31-47H2,1-3H3,(H,63,64)/b11-8-,19-16-,20-17-,25-24-,30-26-. The number of aliphatic carboxylic acids is 1. The van der Waals surface area contributed by atoms with Crippen LogP contribution in [0.4, 0.5) is 0 Å². The van der Waals surface area contributed by atoms with E-state index in [9.17, 15) is 34.5 Å². The Bertz CT molecular complexity index is 1440. The van der Waals surface area contributed by atoms with Gasteiger partial charge in [-0.15, -0.1) is 0 Å². The minimum Gasteiger partial charge on any atom is -0.479 e. The van der Waals surface area contributed by atoms with Crippen LogP contribution in [0, 0.1) is 0 Å². The number of hydrogen-bond acceptors (Lipinski definition) is 11. The third-order valence-electron chi connectivity index (χ3n) is 12.1. The fourth-order valence-corrected chi connectivity index (χ4v) is 7.88. The normalized spacial score (nSPS) is 19.1. The Balaban J connectivity index is 2.74. The highest BCUT2D eigenvalue weighted by molar-refractivity contribution is 5.74. The molecule has 0 saturated carbocycles. The molecule has 1 aliphatic heterocycles. The van der Waals surface area contributed by atoms with E-state index in [4.69, 9.17) is 23.7 Å². The second-order valence-electron chi connectivity index (χ2n) is 18.5. The number of esters is 3. The van der Waals surface area contributed by atoms with E-state index in [1.807, 2.05) is 0 Å². The number of hydrogen-bond donors (Lipinski definition) is 3. The summed E-state index contributed by atoms with van der Waals surface area (Å²) in [6, 6.07) is 0. The molecule has 69 heavy (non-hydrogen) atoms. The number of carbonyl (C=O) groups excluding carboxylic acids is 3. The first-order chi connectivity index (χ1) is 33.6. The van der Waals surface area contributed by atoms with Crippen molar-refractivity contribution in [3.05, 3.63) is 60.8 Å². The summed E-state index contributed by atoms with van der Waals surface area (Å²) in [7, 11) is 0. The number of unbranched alkanes of at least 4 members (excludes halogenated alkanes) is 21. The maximum Gasteiger partial charge on any atom is 0.335 e. The van der Waals surface area contributed by atoms with Crippen molar-refractivity contribution in [2.45, 2.75) is 263 Å². The van der Waals surface area contributed by atoms with Crippen molar-refractivity contribution in [3.63, 3.8) is 0 Å². The molecule has 3 N–H and O–H groups in total. The molecule has 6 unspecified atom stereocenters. The zero-order chi connectivity index (χ0) is 50.4. The second-order valence-corrected chi connectivity index (χ2v) is 18.5. The number of allylic oxidation sites excluding steroid dienone is 10. The molecule has 0 bridgehead atoms. The largest absolute Gasteiger partial charge is 0.479 e. The summed E-state index contributed by atoms with van der Waals surface area (Å²) in [6.07, 6.45) is 42.1. The number of aliphatic hydroxyl groups is 2.